The molecule has 1 atom stereocenters. The second-order valence-corrected chi connectivity index (χ2v) is 7.53. The third-order valence-corrected chi connectivity index (χ3v) is 5.95. The zero-order chi connectivity index (χ0) is 20.1. The third-order valence-electron chi connectivity index (χ3n) is 5.95. The van der Waals surface area contributed by atoms with E-state index in [0.29, 0.717) is 49.2 Å². The van der Waals surface area contributed by atoms with Crippen LogP contribution in [0.15, 0.2) is 18.2 Å². The van der Waals surface area contributed by atoms with E-state index in [0.717, 1.165) is 12.8 Å². The van der Waals surface area contributed by atoms with E-state index < -0.39 is 0 Å². The lowest BCUT2D eigenvalue weighted by molar-refractivity contribution is -0.128. The van der Waals surface area contributed by atoms with Gasteiger partial charge in [0.25, 0.3) is 5.91 Å². The summed E-state index contributed by atoms with van der Waals surface area (Å²) in [7, 11) is 4.85. The van der Waals surface area contributed by atoms with Crippen LogP contribution in [0.4, 0.5) is 0 Å². The number of piperazine rings is 1. The van der Waals surface area contributed by atoms with Crippen molar-refractivity contribution in [2.75, 3.05) is 47.4 Å². The Kier molecular flexibility index (Phi) is 6.78. The zero-order valence-electron chi connectivity index (χ0n) is 17.1. The first-order valence-electron chi connectivity index (χ1n) is 10.1. The molecule has 1 aromatic rings. The molecule has 2 amide bonds. The number of rotatable bonds is 6. The van der Waals surface area contributed by atoms with Gasteiger partial charge in [-0.05, 0) is 30.9 Å². The number of ether oxygens (including phenoxy) is 2. The van der Waals surface area contributed by atoms with E-state index in [1.165, 1.54) is 12.8 Å². The maximum absolute atomic E-state index is 13.0. The van der Waals surface area contributed by atoms with Crippen molar-refractivity contribution in [2.24, 2.45) is 5.92 Å². The molecule has 0 radical (unpaired) electrons. The van der Waals surface area contributed by atoms with Gasteiger partial charge in [-0.2, -0.15) is 0 Å². The van der Waals surface area contributed by atoms with Crippen LogP contribution in [0.25, 0.3) is 0 Å². The molecule has 0 spiro atoms. The molecule has 28 heavy (non-hydrogen) atoms. The molecule has 1 aliphatic carbocycles. The number of hydrogen-bond donors (Lipinski definition) is 1. The van der Waals surface area contributed by atoms with E-state index in [2.05, 4.69) is 10.2 Å². The Bertz CT molecular complexity index is 673. The van der Waals surface area contributed by atoms with Gasteiger partial charge in [-0.3, -0.25) is 14.5 Å². The standard InChI is InChI=1S/C21H31N3O4/c1-22-20(25)19(15-6-4-5-7-15)23-8-10-24(11-9-23)21(26)16-12-17(27-2)14-18(13-16)28-3/h12-15,19H,4-11H2,1-3H3,(H,22,25)/t19-/m1/s1. The van der Waals surface area contributed by atoms with Crippen LogP contribution in [0.5, 0.6) is 11.5 Å². The van der Waals surface area contributed by atoms with Crippen molar-refractivity contribution >= 4 is 11.8 Å². The van der Waals surface area contributed by atoms with E-state index in [4.69, 9.17) is 9.47 Å². The van der Waals surface area contributed by atoms with Crippen LogP contribution in [0.3, 0.4) is 0 Å². The first-order valence-corrected chi connectivity index (χ1v) is 10.1. The van der Waals surface area contributed by atoms with Crippen LogP contribution >= 0.6 is 0 Å². The third kappa shape index (κ3) is 4.41. The summed E-state index contributed by atoms with van der Waals surface area (Å²) in [5.74, 6) is 1.69. The average Bonchev–Trinajstić information content (AvgIpc) is 3.27. The Morgan fingerprint density at radius 3 is 2.07 bits per heavy atom. The number of nitrogens with zero attached hydrogens (tertiary/aromatic N) is 2. The fourth-order valence-corrected chi connectivity index (χ4v) is 4.42. The van der Waals surface area contributed by atoms with Crippen molar-refractivity contribution in [1.82, 2.24) is 15.1 Å². The minimum atomic E-state index is -0.0818. The highest BCUT2D eigenvalue weighted by Crippen LogP contribution is 2.31. The number of hydrogen-bond acceptors (Lipinski definition) is 5. The Morgan fingerprint density at radius 1 is 1.00 bits per heavy atom. The van der Waals surface area contributed by atoms with E-state index in [-0.39, 0.29) is 17.9 Å². The lowest BCUT2D eigenvalue weighted by atomic mass is 9.95. The number of nitrogens with one attached hydrogen (secondary N) is 1. The molecule has 1 saturated carbocycles. The number of methoxy groups -OCH3 is 2. The molecule has 7 heteroatoms. The number of amides is 2. The fraction of sp³-hybridized carbons (Fsp3) is 0.619. The van der Waals surface area contributed by atoms with Gasteiger partial charge in [0.15, 0.2) is 0 Å². The topological polar surface area (TPSA) is 71.1 Å². The maximum atomic E-state index is 13.0. The summed E-state index contributed by atoms with van der Waals surface area (Å²) in [5.41, 5.74) is 0.559. The Labute approximate surface area is 167 Å². The van der Waals surface area contributed by atoms with Crippen LogP contribution < -0.4 is 14.8 Å². The van der Waals surface area contributed by atoms with Crippen molar-refractivity contribution in [2.45, 2.75) is 31.7 Å². The average molecular weight is 389 g/mol. The number of carbonyl (C=O) groups excluding carboxylic acids is 2. The SMILES string of the molecule is CNC(=O)[C@@H](C1CCCC1)N1CCN(C(=O)c2cc(OC)cc(OC)c2)CC1. The number of carbonyl (C=O) groups is 2. The lowest BCUT2D eigenvalue weighted by Crippen LogP contribution is -2.57. The predicted octanol–water partition coefficient (Wildman–Crippen LogP) is 1.77. The van der Waals surface area contributed by atoms with Gasteiger partial charge in [0.1, 0.15) is 11.5 Å². The molecule has 0 bridgehead atoms. The predicted molar refractivity (Wildman–Crippen MR) is 107 cm³/mol. The fourth-order valence-electron chi connectivity index (χ4n) is 4.42. The molecular formula is C21H31N3O4. The van der Waals surface area contributed by atoms with E-state index in [1.807, 2.05) is 4.90 Å². The molecular weight excluding hydrogens is 358 g/mol. The van der Waals surface area contributed by atoms with Crippen molar-refractivity contribution in [3.05, 3.63) is 23.8 Å². The van der Waals surface area contributed by atoms with Crippen LogP contribution in [0.1, 0.15) is 36.0 Å². The largest absolute Gasteiger partial charge is 0.497 e. The zero-order valence-corrected chi connectivity index (χ0v) is 17.1. The second-order valence-electron chi connectivity index (χ2n) is 7.53. The molecule has 0 aromatic heterocycles. The highest BCUT2D eigenvalue weighted by Gasteiger charge is 2.37. The first kappa shape index (κ1) is 20.5. The van der Waals surface area contributed by atoms with Gasteiger partial charge in [-0.1, -0.05) is 12.8 Å². The summed E-state index contributed by atoms with van der Waals surface area (Å²) in [6, 6.07) is 5.15. The highest BCUT2D eigenvalue weighted by atomic mass is 16.5. The molecule has 1 N–H and O–H groups in total. The molecule has 1 heterocycles. The summed E-state index contributed by atoms with van der Waals surface area (Å²) in [6.07, 6.45) is 4.63. The Balaban J connectivity index is 1.67. The molecule has 154 valence electrons. The van der Waals surface area contributed by atoms with Crippen LogP contribution in [-0.2, 0) is 4.79 Å². The monoisotopic (exact) mass is 389 g/mol. The van der Waals surface area contributed by atoms with Gasteiger partial charge in [-0.15, -0.1) is 0 Å². The molecule has 1 aliphatic heterocycles. The van der Waals surface area contributed by atoms with Crippen molar-refractivity contribution < 1.29 is 19.1 Å². The van der Waals surface area contributed by atoms with Gasteiger partial charge in [0.05, 0.1) is 20.3 Å². The second kappa shape index (κ2) is 9.28. The molecule has 3 rings (SSSR count). The normalized spacial score (nSPS) is 19.3. The van der Waals surface area contributed by atoms with E-state index in [9.17, 15) is 9.59 Å². The van der Waals surface area contributed by atoms with Crippen molar-refractivity contribution in [1.29, 1.82) is 0 Å². The van der Waals surface area contributed by atoms with E-state index in [1.54, 1.807) is 39.5 Å². The van der Waals surface area contributed by atoms with Crippen LogP contribution in [0, 0.1) is 5.92 Å². The molecule has 2 fully saturated rings. The molecule has 2 aliphatic rings. The van der Waals surface area contributed by atoms with Gasteiger partial charge in [-0.25, -0.2) is 0 Å². The summed E-state index contributed by atoms with van der Waals surface area (Å²) >= 11 is 0. The van der Waals surface area contributed by atoms with Gasteiger partial charge in [0.2, 0.25) is 5.91 Å². The summed E-state index contributed by atoms with van der Waals surface area (Å²) < 4.78 is 10.6. The van der Waals surface area contributed by atoms with E-state index >= 15 is 0 Å². The number of likely N-dealkylation sites (N-methyl/N-ethyl adjacent to an activating group) is 1. The minimum absolute atomic E-state index is 0.0331. The first-order chi connectivity index (χ1) is 13.6. The summed E-state index contributed by atoms with van der Waals surface area (Å²) in [5, 5.41) is 2.84. The summed E-state index contributed by atoms with van der Waals surface area (Å²) in [4.78, 5) is 29.6. The molecule has 1 aromatic carbocycles. The smallest absolute Gasteiger partial charge is 0.254 e. The van der Waals surface area contributed by atoms with Crippen LogP contribution in [-0.4, -0.2) is 75.1 Å². The van der Waals surface area contributed by atoms with Crippen molar-refractivity contribution in [3.8, 4) is 11.5 Å². The van der Waals surface area contributed by atoms with Crippen LogP contribution in [0.2, 0.25) is 0 Å². The lowest BCUT2D eigenvalue weighted by Gasteiger charge is -2.40. The Hall–Kier alpha value is -2.28. The molecule has 1 saturated heterocycles. The van der Waals surface area contributed by atoms with Crippen molar-refractivity contribution in [3.63, 3.8) is 0 Å². The number of benzene rings is 1. The summed E-state index contributed by atoms with van der Waals surface area (Å²) in [6.45, 7) is 2.64. The minimum Gasteiger partial charge on any atom is -0.497 e. The highest BCUT2D eigenvalue weighted by molar-refractivity contribution is 5.95. The molecule has 0 unspecified atom stereocenters. The maximum Gasteiger partial charge on any atom is 0.254 e. The van der Waals surface area contributed by atoms with Gasteiger partial charge >= 0.3 is 0 Å². The Morgan fingerprint density at radius 2 is 1.57 bits per heavy atom. The molecule has 7 nitrogen and oxygen atoms in total. The quantitative estimate of drug-likeness (QED) is 0.803. The van der Waals surface area contributed by atoms with Gasteiger partial charge < -0.3 is 19.7 Å². The van der Waals surface area contributed by atoms with Gasteiger partial charge in [0, 0.05) is 44.9 Å².